The van der Waals surface area contributed by atoms with Crippen LogP contribution in [0.5, 0.6) is 11.5 Å². The van der Waals surface area contributed by atoms with E-state index in [1.807, 2.05) is 41.3 Å². The van der Waals surface area contributed by atoms with Gasteiger partial charge in [0, 0.05) is 49.5 Å². The maximum atomic E-state index is 13.1. The molecule has 158 valence electrons. The third-order valence-corrected chi connectivity index (χ3v) is 5.80. The van der Waals surface area contributed by atoms with E-state index in [0.29, 0.717) is 31.1 Å². The lowest BCUT2D eigenvalue weighted by Gasteiger charge is -2.22. The Kier molecular flexibility index (Phi) is 5.79. The minimum Gasteiger partial charge on any atom is -0.493 e. The van der Waals surface area contributed by atoms with Crippen molar-refractivity contribution >= 4 is 23.2 Å². The van der Waals surface area contributed by atoms with E-state index in [4.69, 9.17) is 9.47 Å². The van der Waals surface area contributed by atoms with Gasteiger partial charge in [0.05, 0.1) is 20.1 Å². The molecule has 2 heterocycles. The highest BCUT2D eigenvalue weighted by Crippen LogP contribution is 2.34. The Morgan fingerprint density at radius 2 is 1.80 bits per heavy atom. The molecule has 2 aliphatic rings. The molecule has 7 nitrogen and oxygen atoms in total. The van der Waals surface area contributed by atoms with E-state index in [1.54, 1.807) is 31.3 Å². The Morgan fingerprint density at radius 3 is 2.53 bits per heavy atom. The second-order valence-corrected chi connectivity index (χ2v) is 7.72. The summed E-state index contributed by atoms with van der Waals surface area (Å²) in [6.45, 7) is 1.76. The van der Waals surface area contributed by atoms with E-state index in [2.05, 4.69) is 5.32 Å². The molecule has 0 radical (unpaired) electrons. The number of carbonyl (C=O) groups is 2. The van der Waals surface area contributed by atoms with Gasteiger partial charge < -0.3 is 24.6 Å². The molecule has 2 amide bonds. The number of methoxy groups -OCH3 is 2. The predicted molar refractivity (Wildman–Crippen MR) is 115 cm³/mol. The number of nitrogens with zero attached hydrogens (tertiary/aromatic N) is 2. The smallest absolute Gasteiger partial charge is 0.228 e. The zero-order valence-electron chi connectivity index (χ0n) is 17.3. The van der Waals surface area contributed by atoms with E-state index < -0.39 is 0 Å². The van der Waals surface area contributed by atoms with Gasteiger partial charge in [-0.1, -0.05) is 18.2 Å². The van der Waals surface area contributed by atoms with Crippen LogP contribution in [0, 0.1) is 5.92 Å². The number of ether oxygens (including phenoxy) is 2. The molecule has 2 atom stereocenters. The van der Waals surface area contributed by atoms with Crippen molar-refractivity contribution in [3.8, 4) is 11.5 Å². The predicted octanol–water partition coefficient (Wildman–Crippen LogP) is 2.77. The first-order valence-corrected chi connectivity index (χ1v) is 10.2. The molecule has 7 heteroatoms. The molecule has 2 fully saturated rings. The second-order valence-electron chi connectivity index (χ2n) is 7.72. The van der Waals surface area contributed by atoms with E-state index in [0.717, 1.165) is 17.8 Å². The highest BCUT2D eigenvalue weighted by Gasteiger charge is 2.39. The van der Waals surface area contributed by atoms with Crippen molar-refractivity contribution in [2.45, 2.75) is 18.9 Å². The Morgan fingerprint density at radius 1 is 1.03 bits per heavy atom. The lowest BCUT2D eigenvalue weighted by molar-refractivity contribution is -0.134. The lowest BCUT2D eigenvalue weighted by atomic mass is 10.1. The Hall–Kier alpha value is -3.22. The van der Waals surface area contributed by atoms with E-state index in [9.17, 15) is 9.59 Å². The van der Waals surface area contributed by atoms with Crippen LogP contribution in [-0.4, -0.2) is 56.6 Å². The number of nitrogens with one attached hydrogen (secondary N) is 1. The first-order valence-electron chi connectivity index (χ1n) is 10.2. The molecule has 2 saturated heterocycles. The molecule has 0 bridgehead atoms. The Balaban J connectivity index is 1.39. The van der Waals surface area contributed by atoms with Crippen molar-refractivity contribution in [1.29, 1.82) is 0 Å². The van der Waals surface area contributed by atoms with Gasteiger partial charge in [-0.15, -0.1) is 0 Å². The number of carbonyl (C=O) groups excluding carboxylic acids is 2. The molecule has 2 aromatic carbocycles. The SMILES string of the molecule is COc1ccc(N2CC(C(=O)N3CCC(Nc4ccccc4)C3)CC2=O)cc1OC. The summed E-state index contributed by atoms with van der Waals surface area (Å²) in [5.74, 6) is 0.866. The van der Waals surface area contributed by atoms with Gasteiger partial charge in [0.2, 0.25) is 11.8 Å². The third kappa shape index (κ3) is 4.06. The van der Waals surface area contributed by atoms with Crippen molar-refractivity contribution < 1.29 is 19.1 Å². The highest BCUT2D eigenvalue weighted by molar-refractivity contribution is 6.00. The standard InChI is InChI=1S/C23H27N3O4/c1-29-20-9-8-19(13-21(20)30-2)26-14-16(12-22(26)27)23(28)25-11-10-18(15-25)24-17-6-4-3-5-7-17/h3-9,13,16,18,24H,10-12,14-15H2,1-2H3. The monoisotopic (exact) mass is 409 g/mol. The summed E-state index contributed by atoms with van der Waals surface area (Å²) < 4.78 is 10.6. The van der Waals surface area contributed by atoms with Crippen LogP contribution in [0.3, 0.4) is 0 Å². The van der Waals surface area contributed by atoms with Crippen LogP contribution in [-0.2, 0) is 9.59 Å². The fourth-order valence-corrected chi connectivity index (χ4v) is 4.22. The van der Waals surface area contributed by atoms with Gasteiger partial charge >= 0.3 is 0 Å². The van der Waals surface area contributed by atoms with Crippen LogP contribution in [0.1, 0.15) is 12.8 Å². The number of likely N-dealkylation sites (tertiary alicyclic amines) is 1. The van der Waals surface area contributed by atoms with Crippen LogP contribution in [0.2, 0.25) is 0 Å². The molecule has 1 N–H and O–H groups in total. The van der Waals surface area contributed by atoms with Crippen LogP contribution < -0.4 is 19.7 Å². The molecule has 0 aliphatic carbocycles. The third-order valence-electron chi connectivity index (χ3n) is 5.80. The largest absolute Gasteiger partial charge is 0.493 e. The van der Waals surface area contributed by atoms with Gasteiger partial charge in [0.15, 0.2) is 11.5 Å². The van der Waals surface area contributed by atoms with Crippen molar-refractivity contribution in [3.63, 3.8) is 0 Å². The van der Waals surface area contributed by atoms with E-state index in [1.165, 1.54) is 0 Å². The fourth-order valence-electron chi connectivity index (χ4n) is 4.22. The van der Waals surface area contributed by atoms with Gasteiger partial charge in [-0.2, -0.15) is 0 Å². The Bertz CT molecular complexity index is 918. The summed E-state index contributed by atoms with van der Waals surface area (Å²) >= 11 is 0. The van der Waals surface area contributed by atoms with E-state index >= 15 is 0 Å². The second kappa shape index (κ2) is 8.65. The minimum atomic E-state index is -0.318. The highest BCUT2D eigenvalue weighted by atomic mass is 16.5. The molecule has 2 aliphatic heterocycles. The maximum absolute atomic E-state index is 13.1. The minimum absolute atomic E-state index is 0.0428. The summed E-state index contributed by atoms with van der Waals surface area (Å²) in [6, 6.07) is 15.6. The molecular formula is C23H27N3O4. The average Bonchev–Trinajstić information content (AvgIpc) is 3.40. The molecule has 2 aromatic rings. The molecular weight excluding hydrogens is 382 g/mol. The number of anilines is 2. The van der Waals surface area contributed by atoms with Gasteiger partial charge in [-0.3, -0.25) is 9.59 Å². The lowest BCUT2D eigenvalue weighted by Crippen LogP contribution is -2.37. The normalized spacial score (nSPS) is 21.1. The topological polar surface area (TPSA) is 71.1 Å². The summed E-state index contributed by atoms with van der Waals surface area (Å²) in [5.41, 5.74) is 1.78. The molecule has 0 spiro atoms. The van der Waals surface area contributed by atoms with Crippen molar-refractivity contribution in [2.75, 3.05) is 44.1 Å². The number of hydrogen-bond donors (Lipinski definition) is 1. The van der Waals surface area contributed by atoms with Gasteiger partial charge in [-0.05, 0) is 30.7 Å². The number of hydrogen-bond acceptors (Lipinski definition) is 5. The summed E-state index contributed by atoms with van der Waals surface area (Å²) in [6.07, 6.45) is 1.14. The van der Waals surface area contributed by atoms with Gasteiger partial charge in [-0.25, -0.2) is 0 Å². The number of benzene rings is 2. The van der Waals surface area contributed by atoms with Crippen LogP contribution in [0.25, 0.3) is 0 Å². The van der Waals surface area contributed by atoms with Crippen LogP contribution in [0.4, 0.5) is 11.4 Å². The molecule has 4 rings (SSSR count). The van der Waals surface area contributed by atoms with Crippen molar-refractivity contribution in [3.05, 3.63) is 48.5 Å². The van der Waals surface area contributed by atoms with Crippen LogP contribution in [0.15, 0.2) is 48.5 Å². The zero-order valence-corrected chi connectivity index (χ0v) is 17.3. The zero-order chi connectivity index (χ0) is 21.1. The first-order chi connectivity index (χ1) is 14.6. The number of rotatable bonds is 6. The Labute approximate surface area is 176 Å². The molecule has 30 heavy (non-hydrogen) atoms. The molecule has 0 aromatic heterocycles. The number of amides is 2. The fraction of sp³-hybridized carbons (Fsp3) is 0.391. The van der Waals surface area contributed by atoms with Crippen molar-refractivity contribution in [2.24, 2.45) is 5.92 Å². The van der Waals surface area contributed by atoms with Gasteiger partial charge in [0.25, 0.3) is 0 Å². The quantitative estimate of drug-likeness (QED) is 0.794. The van der Waals surface area contributed by atoms with Crippen LogP contribution >= 0.6 is 0 Å². The maximum Gasteiger partial charge on any atom is 0.228 e. The van der Waals surface area contributed by atoms with Gasteiger partial charge in [0.1, 0.15) is 0 Å². The van der Waals surface area contributed by atoms with Crippen molar-refractivity contribution in [1.82, 2.24) is 4.90 Å². The van der Waals surface area contributed by atoms with E-state index in [-0.39, 0.29) is 30.2 Å². The summed E-state index contributed by atoms with van der Waals surface area (Å²) in [5, 5.41) is 3.49. The summed E-state index contributed by atoms with van der Waals surface area (Å²) in [4.78, 5) is 29.3. The first kappa shape index (κ1) is 20.1. The average molecular weight is 409 g/mol. The number of para-hydroxylation sites is 1. The molecule has 2 unspecified atom stereocenters. The summed E-state index contributed by atoms with van der Waals surface area (Å²) in [7, 11) is 3.14. The molecule has 0 saturated carbocycles.